The first-order chi connectivity index (χ1) is 7.92. The van der Waals surface area contributed by atoms with E-state index in [4.69, 9.17) is 9.47 Å². The first kappa shape index (κ1) is 14.3. The highest BCUT2D eigenvalue weighted by atomic mass is 16.6. The number of hydrogen-bond donors (Lipinski definition) is 2. The van der Waals surface area contributed by atoms with Gasteiger partial charge < -0.3 is 20.1 Å². The molecule has 0 aliphatic carbocycles. The van der Waals surface area contributed by atoms with E-state index >= 15 is 0 Å². The summed E-state index contributed by atoms with van der Waals surface area (Å²) in [6.07, 6.45) is 0.610. The van der Waals surface area contributed by atoms with Gasteiger partial charge in [0.1, 0.15) is 5.60 Å². The average molecular weight is 244 g/mol. The van der Waals surface area contributed by atoms with Crippen LogP contribution in [0.5, 0.6) is 0 Å². The summed E-state index contributed by atoms with van der Waals surface area (Å²) in [7, 11) is 0. The minimum absolute atomic E-state index is 0.0152. The van der Waals surface area contributed by atoms with E-state index in [0.29, 0.717) is 6.61 Å². The van der Waals surface area contributed by atoms with Crippen molar-refractivity contribution in [2.75, 3.05) is 19.7 Å². The van der Waals surface area contributed by atoms with Crippen molar-refractivity contribution in [3.8, 4) is 0 Å². The van der Waals surface area contributed by atoms with Crippen molar-refractivity contribution in [2.45, 2.75) is 51.9 Å². The minimum atomic E-state index is -0.465. The van der Waals surface area contributed by atoms with E-state index in [2.05, 4.69) is 10.6 Å². The van der Waals surface area contributed by atoms with Gasteiger partial charge in [-0.05, 0) is 40.7 Å². The molecule has 0 radical (unpaired) electrons. The van der Waals surface area contributed by atoms with E-state index in [1.807, 2.05) is 27.7 Å². The highest BCUT2D eigenvalue weighted by molar-refractivity contribution is 5.68. The van der Waals surface area contributed by atoms with E-state index in [9.17, 15) is 4.79 Å². The Morgan fingerprint density at radius 3 is 2.76 bits per heavy atom. The second kappa shape index (κ2) is 6.21. The first-order valence-corrected chi connectivity index (χ1v) is 6.24. The van der Waals surface area contributed by atoms with Gasteiger partial charge in [0.2, 0.25) is 0 Å². The lowest BCUT2D eigenvalue weighted by atomic mass is 10.0. The van der Waals surface area contributed by atoms with Crippen LogP contribution in [-0.4, -0.2) is 43.5 Å². The molecule has 1 fully saturated rings. The van der Waals surface area contributed by atoms with Crippen LogP contribution in [0.15, 0.2) is 0 Å². The van der Waals surface area contributed by atoms with Crippen molar-refractivity contribution >= 4 is 6.09 Å². The zero-order valence-corrected chi connectivity index (χ0v) is 11.2. The van der Waals surface area contributed by atoms with E-state index in [0.717, 1.165) is 19.5 Å². The second-order valence-corrected chi connectivity index (χ2v) is 5.24. The van der Waals surface area contributed by atoms with E-state index in [1.54, 1.807) is 0 Å². The van der Waals surface area contributed by atoms with E-state index in [1.165, 1.54) is 0 Å². The van der Waals surface area contributed by atoms with Crippen LogP contribution in [0.1, 0.15) is 34.1 Å². The second-order valence-electron chi connectivity index (χ2n) is 5.24. The Morgan fingerprint density at radius 1 is 1.47 bits per heavy atom. The lowest BCUT2D eigenvalue weighted by Crippen LogP contribution is -2.55. The summed E-state index contributed by atoms with van der Waals surface area (Å²) in [6, 6.07) is -0.0152. The van der Waals surface area contributed by atoms with Crippen LogP contribution >= 0.6 is 0 Å². The molecule has 1 saturated heterocycles. The molecule has 0 unspecified atom stereocenters. The van der Waals surface area contributed by atoms with Gasteiger partial charge in [-0.25, -0.2) is 4.79 Å². The molecule has 0 spiro atoms. The Hall–Kier alpha value is -0.810. The maximum Gasteiger partial charge on any atom is 0.408 e. The van der Waals surface area contributed by atoms with Crippen molar-refractivity contribution in [1.29, 1.82) is 0 Å². The largest absolute Gasteiger partial charge is 0.444 e. The fourth-order valence-corrected chi connectivity index (χ4v) is 1.85. The molecule has 17 heavy (non-hydrogen) atoms. The van der Waals surface area contributed by atoms with Gasteiger partial charge in [0.05, 0.1) is 12.1 Å². The van der Waals surface area contributed by atoms with Gasteiger partial charge >= 0.3 is 6.09 Å². The number of piperidine rings is 1. The summed E-state index contributed by atoms with van der Waals surface area (Å²) in [5, 5.41) is 6.10. The highest BCUT2D eigenvalue weighted by Gasteiger charge is 2.28. The molecule has 100 valence electrons. The van der Waals surface area contributed by atoms with Crippen LogP contribution in [0.2, 0.25) is 0 Å². The highest BCUT2D eigenvalue weighted by Crippen LogP contribution is 2.11. The number of carbonyl (C=O) groups is 1. The number of rotatable bonds is 3. The quantitative estimate of drug-likeness (QED) is 0.785. The van der Waals surface area contributed by atoms with E-state index in [-0.39, 0.29) is 18.2 Å². The molecule has 1 amide bonds. The molecule has 2 atom stereocenters. The third-order valence-corrected chi connectivity index (χ3v) is 2.50. The number of carbonyl (C=O) groups excluding carboxylic acids is 1. The predicted octanol–water partition coefficient (Wildman–Crippen LogP) is 1.28. The molecule has 0 saturated carbocycles. The smallest absolute Gasteiger partial charge is 0.408 e. The molecule has 0 aromatic heterocycles. The lowest BCUT2D eigenvalue weighted by Gasteiger charge is -2.33. The van der Waals surface area contributed by atoms with Gasteiger partial charge in [-0.2, -0.15) is 0 Å². The fraction of sp³-hybridized carbons (Fsp3) is 0.917. The molecule has 5 nitrogen and oxygen atoms in total. The topological polar surface area (TPSA) is 59.6 Å². The summed E-state index contributed by atoms with van der Waals surface area (Å²) in [6.45, 7) is 9.84. The Labute approximate surface area is 103 Å². The Bertz CT molecular complexity index is 249. The molecule has 0 bridgehead atoms. The summed E-state index contributed by atoms with van der Waals surface area (Å²) < 4.78 is 10.8. The zero-order chi connectivity index (χ0) is 12.9. The summed E-state index contributed by atoms with van der Waals surface area (Å²) in [4.78, 5) is 11.7. The number of ether oxygens (including phenoxy) is 2. The lowest BCUT2D eigenvalue weighted by molar-refractivity contribution is 0.00725. The van der Waals surface area contributed by atoms with Crippen molar-refractivity contribution in [2.24, 2.45) is 0 Å². The fourth-order valence-electron chi connectivity index (χ4n) is 1.85. The average Bonchev–Trinajstić information content (AvgIpc) is 2.18. The van der Waals surface area contributed by atoms with Gasteiger partial charge in [0.15, 0.2) is 0 Å². The van der Waals surface area contributed by atoms with Crippen LogP contribution in [0.3, 0.4) is 0 Å². The van der Waals surface area contributed by atoms with Gasteiger partial charge in [0, 0.05) is 13.2 Å². The number of hydrogen-bond acceptors (Lipinski definition) is 4. The molecule has 0 aromatic carbocycles. The maximum atomic E-state index is 11.7. The normalized spacial score (nSPS) is 25.4. The monoisotopic (exact) mass is 244 g/mol. The molecule has 0 aromatic rings. The van der Waals surface area contributed by atoms with Crippen molar-refractivity contribution < 1.29 is 14.3 Å². The van der Waals surface area contributed by atoms with Crippen molar-refractivity contribution in [3.05, 3.63) is 0 Å². The Balaban J connectivity index is 2.44. The summed E-state index contributed by atoms with van der Waals surface area (Å²) in [5.74, 6) is 0. The number of amides is 1. The van der Waals surface area contributed by atoms with Gasteiger partial charge in [0.25, 0.3) is 0 Å². The third kappa shape index (κ3) is 5.37. The van der Waals surface area contributed by atoms with Crippen LogP contribution < -0.4 is 10.6 Å². The SMILES string of the molecule is CCO[C@@H]1CCNC[C@@H]1NC(=O)OC(C)(C)C. The Morgan fingerprint density at radius 2 is 2.18 bits per heavy atom. The maximum absolute atomic E-state index is 11.7. The molecular weight excluding hydrogens is 220 g/mol. The summed E-state index contributed by atoms with van der Waals surface area (Å²) >= 11 is 0. The molecular formula is C12H24N2O3. The Kier molecular flexibility index (Phi) is 5.21. The predicted molar refractivity (Wildman–Crippen MR) is 66.1 cm³/mol. The van der Waals surface area contributed by atoms with Crippen LogP contribution in [0, 0.1) is 0 Å². The molecule has 1 rings (SSSR count). The van der Waals surface area contributed by atoms with Crippen LogP contribution in [-0.2, 0) is 9.47 Å². The summed E-state index contributed by atoms with van der Waals surface area (Å²) in [5.41, 5.74) is -0.465. The van der Waals surface area contributed by atoms with Crippen LogP contribution in [0.4, 0.5) is 4.79 Å². The number of nitrogens with one attached hydrogen (secondary N) is 2. The third-order valence-electron chi connectivity index (χ3n) is 2.50. The van der Waals surface area contributed by atoms with Crippen molar-refractivity contribution in [1.82, 2.24) is 10.6 Å². The minimum Gasteiger partial charge on any atom is -0.444 e. The number of alkyl carbamates (subject to hydrolysis) is 1. The van der Waals surface area contributed by atoms with Gasteiger partial charge in [-0.15, -0.1) is 0 Å². The van der Waals surface area contributed by atoms with Gasteiger partial charge in [-0.3, -0.25) is 0 Å². The van der Waals surface area contributed by atoms with Crippen molar-refractivity contribution in [3.63, 3.8) is 0 Å². The van der Waals surface area contributed by atoms with Crippen LogP contribution in [0.25, 0.3) is 0 Å². The molecule has 1 aliphatic heterocycles. The first-order valence-electron chi connectivity index (χ1n) is 6.24. The van der Waals surface area contributed by atoms with E-state index < -0.39 is 5.60 Å². The molecule has 2 N–H and O–H groups in total. The molecule has 1 heterocycles. The zero-order valence-electron chi connectivity index (χ0n) is 11.2. The molecule has 5 heteroatoms. The van der Waals surface area contributed by atoms with Gasteiger partial charge in [-0.1, -0.05) is 0 Å². The standard InChI is InChI=1S/C12H24N2O3/c1-5-16-10-6-7-13-8-9(10)14-11(15)17-12(2,3)4/h9-10,13H,5-8H2,1-4H3,(H,14,15)/t9-,10+/m0/s1. The molecule has 1 aliphatic rings.